The average Bonchev–Trinajstić information content (AvgIpc) is 2.55. The quantitative estimate of drug-likeness (QED) is 0.793. The highest BCUT2D eigenvalue weighted by Crippen LogP contribution is 2.39. The lowest BCUT2D eigenvalue weighted by molar-refractivity contribution is 0.462. The van der Waals surface area contributed by atoms with Gasteiger partial charge in [-0.3, -0.25) is 0 Å². The van der Waals surface area contributed by atoms with Gasteiger partial charge in [0.25, 0.3) is 0 Å². The first-order valence-corrected chi connectivity index (χ1v) is 8.29. The zero-order valence-electron chi connectivity index (χ0n) is 12.5. The van der Waals surface area contributed by atoms with Crippen molar-refractivity contribution in [2.45, 2.75) is 51.4 Å². The summed E-state index contributed by atoms with van der Waals surface area (Å²) in [5.41, 5.74) is 8.50. The Morgan fingerprint density at radius 3 is 2.14 bits per heavy atom. The zero-order chi connectivity index (χ0) is 14.2. The minimum Gasteiger partial charge on any atom is -0.508 e. The van der Waals surface area contributed by atoms with E-state index in [1.165, 1.54) is 66.3 Å². The number of phenolic OH excluding ortho intramolecular Hbond substituents is 1. The third-order valence-electron chi connectivity index (χ3n) is 5.20. The minimum atomic E-state index is 0.498. The maximum Gasteiger partial charge on any atom is 0.119 e. The SMILES string of the molecule is Oc1ccc(-c2cccc3c2CCCC3)c2c1CCCC2. The van der Waals surface area contributed by atoms with Crippen LogP contribution in [0.3, 0.4) is 0 Å². The van der Waals surface area contributed by atoms with Crippen LogP contribution in [0.15, 0.2) is 30.3 Å². The maximum absolute atomic E-state index is 10.2. The Kier molecular flexibility index (Phi) is 3.21. The van der Waals surface area contributed by atoms with Gasteiger partial charge in [0.2, 0.25) is 0 Å². The van der Waals surface area contributed by atoms with Gasteiger partial charge in [0, 0.05) is 0 Å². The van der Waals surface area contributed by atoms with Crippen molar-refractivity contribution in [3.63, 3.8) is 0 Å². The van der Waals surface area contributed by atoms with Gasteiger partial charge in [-0.25, -0.2) is 0 Å². The number of benzene rings is 2. The largest absolute Gasteiger partial charge is 0.508 e. The van der Waals surface area contributed by atoms with Crippen molar-refractivity contribution in [1.82, 2.24) is 0 Å². The Labute approximate surface area is 126 Å². The smallest absolute Gasteiger partial charge is 0.119 e. The fourth-order valence-electron chi connectivity index (χ4n) is 4.13. The van der Waals surface area contributed by atoms with Gasteiger partial charge in [-0.2, -0.15) is 0 Å². The second-order valence-corrected chi connectivity index (χ2v) is 6.45. The molecule has 0 aromatic heterocycles. The minimum absolute atomic E-state index is 0.498. The molecule has 0 saturated carbocycles. The zero-order valence-corrected chi connectivity index (χ0v) is 12.5. The van der Waals surface area contributed by atoms with Crippen molar-refractivity contribution in [1.29, 1.82) is 0 Å². The van der Waals surface area contributed by atoms with Gasteiger partial charge in [0.1, 0.15) is 5.75 Å². The number of fused-ring (bicyclic) bond motifs is 2. The van der Waals surface area contributed by atoms with Crippen LogP contribution in [0.4, 0.5) is 0 Å². The van der Waals surface area contributed by atoms with Gasteiger partial charge in [-0.05, 0) is 90.8 Å². The summed E-state index contributed by atoms with van der Waals surface area (Å²) in [7, 11) is 0. The number of aromatic hydroxyl groups is 1. The van der Waals surface area contributed by atoms with E-state index < -0.39 is 0 Å². The van der Waals surface area contributed by atoms with Crippen LogP contribution >= 0.6 is 0 Å². The molecule has 0 radical (unpaired) electrons. The molecule has 0 amide bonds. The third-order valence-corrected chi connectivity index (χ3v) is 5.20. The van der Waals surface area contributed by atoms with E-state index in [4.69, 9.17) is 0 Å². The third kappa shape index (κ3) is 2.16. The highest BCUT2D eigenvalue weighted by molar-refractivity contribution is 5.75. The summed E-state index contributed by atoms with van der Waals surface area (Å²) in [6, 6.07) is 10.8. The first-order chi connectivity index (χ1) is 10.3. The Morgan fingerprint density at radius 1 is 0.619 bits per heavy atom. The standard InChI is InChI=1S/C20H22O/c21-20-13-12-18(17-9-3-4-10-19(17)20)16-11-5-7-14-6-1-2-8-15(14)16/h5,7,11-13,21H,1-4,6,8-10H2. The molecule has 108 valence electrons. The average molecular weight is 278 g/mol. The topological polar surface area (TPSA) is 20.2 Å². The molecule has 2 aromatic carbocycles. The molecular weight excluding hydrogens is 256 g/mol. The lowest BCUT2D eigenvalue weighted by Crippen LogP contribution is -2.08. The number of aryl methyl sites for hydroxylation is 1. The fourth-order valence-corrected chi connectivity index (χ4v) is 4.13. The molecule has 0 saturated heterocycles. The summed E-state index contributed by atoms with van der Waals surface area (Å²) in [5.74, 6) is 0.498. The predicted octanol–water partition coefficient (Wildman–Crippen LogP) is 4.82. The number of rotatable bonds is 1. The lowest BCUT2D eigenvalue weighted by Gasteiger charge is -2.24. The van der Waals surface area contributed by atoms with Crippen LogP contribution in [0.1, 0.15) is 47.9 Å². The highest BCUT2D eigenvalue weighted by atomic mass is 16.3. The van der Waals surface area contributed by atoms with E-state index in [1.54, 1.807) is 5.56 Å². The molecule has 0 bridgehead atoms. The molecule has 2 aliphatic rings. The molecule has 0 unspecified atom stereocenters. The van der Waals surface area contributed by atoms with Crippen LogP contribution < -0.4 is 0 Å². The Morgan fingerprint density at radius 2 is 1.29 bits per heavy atom. The maximum atomic E-state index is 10.2. The second-order valence-electron chi connectivity index (χ2n) is 6.45. The molecule has 1 N–H and O–H groups in total. The summed E-state index contributed by atoms with van der Waals surface area (Å²) < 4.78 is 0. The molecule has 0 atom stereocenters. The molecule has 2 aromatic rings. The molecule has 2 aliphatic carbocycles. The van der Waals surface area contributed by atoms with Crippen LogP contribution in [-0.2, 0) is 25.7 Å². The van der Waals surface area contributed by atoms with Crippen molar-refractivity contribution < 1.29 is 5.11 Å². The molecule has 21 heavy (non-hydrogen) atoms. The molecule has 4 rings (SSSR count). The number of hydrogen-bond acceptors (Lipinski definition) is 1. The Hall–Kier alpha value is -1.76. The summed E-state index contributed by atoms with van der Waals surface area (Å²) in [4.78, 5) is 0. The molecule has 0 spiro atoms. The van der Waals surface area contributed by atoms with Crippen LogP contribution in [-0.4, -0.2) is 5.11 Å². The summed E-state index contributed by atoms with van der Waals surface area (Å²) in [6.45, 7) is 0. The van der Waals surface area contributed by atoms with Gasteiger partial charge in [0.05, 0.1) is 0 Å². The van der Waals surface area contributed by atoms with Gasteiger partial charge < -0.3 is 5.11 Å². The first kappa shape index (κ1) is 12.9. The molecule has 0 fully saturated rings. The van der Waals surface area contributed by atoms with Crippen molar-refractivity contribution in [2.24, 2.45) is 0 Å². The Bertz CT molecular complexity index is 684. The highest BCUT2D eigenvalue weighted by Gasteiger charge is 2.20. The van der Waals surface area contributed by atoms with Crippen LogP contribution in [0, 0.1) is 0 Å². The van der Waals surface area contributed by atoms with E-state index >= 15 is 0 Å². The van der Waals surface area contributed by atoms with Gasteiger partial charge in [-0.15, -0.1) is 0 Å². The van der Waals surface area contributed by atoms with Crippen LogP contribution in [0.2, 0.25) is 0 Å². The van der Waals surface area contributed by atoms with Gasteiger partial charge in [0.15, 0.2) is 0 Å². The fraction of sp³-hybridized carbons (Fsp3) is 0.400. The van der Waals surface area contributed by atoms with Crippen molar-refractivity contribution in [2.75, 3.05) is 0 Å². The summed E-state index contributed by atoms with van der Waals surface area (Å²) in [5, 5.41) is 10.2. The molecule has 0 aliphatic heterocycles. The van der Waals surface area contributed by atoms with Crippen LogP contribution in [0.5, 0.6) is 5.75 Å². The summed E-state index contributed by atoms with van der Waals surface area (Å²) >= 11 is 0. The van der Waals surface area contributed by atoms with Crippen molar-refractivity contribution in [3.05, 3.63) is 52.6 Å². The van der Waals surface area contributed by atoms with E-state index in [2.05, 4.69) is 24.3 Å². The van der Waals surface area contributed by atoms with Crippen molar-refractivity contribution >= 4 is 0 Å². The summed E-state index contributed by atoms with van der Waals surface area (Å²) in [6.07, 6.45) is 9.67. The van der Waals surface area contributed by atoms with Gasteiger partial charge in [-0.1, -0.05) is 24.3 Å². The Balaban J connectivity index is 1.92. The monoisotopic (exact) mass is 278 g/mol. The predicted molar refractivity (Wildman–Crippen MR) is 86.8 cm³/mol. The molecule has 1 heteroatoms. The van der Waals surface area contributed by atoms with E-state index in [-0.39, 0.29) is 0 Å². The van der Waals surface area contributed by atoms with Gasteiger partial charge >= 0.3 is 0 Å². The second kappa shape index (κ2) is 5.22. The number of phenols is 1. The lowest BCUT2D eigenvalue weighted by atomic mass is 9.81. The normalized spacial score (nSPS) is 17.1. The first-order valence-electron chi connectivity index (χ1n) is 8.29. The van der Waals surface area contributed by atoms with Crippen molar-refractivity contribution in [3.8, 4) is 16.9 Å². The van der Waals surface area contributed by atoms with E-state index in [0.717, 1.165) is 12.8 Å². The van der Waals surface area contributed by atoms with E-state index in [9.17, 15) is 5.11 Å². The molecule has 0 heterocycles. The van der Waals surface area contributed by atoms with Crippen LogP contribution in [0.25, 0.3) is 11.1 Å². The van der Waals surface area contributed by atoms with E-state index in [1.807, 2.05) is 6.07 Å². The molecule has 1 nitrogen and oxygen atoms in total. The number of hydrogen-bond donors (Lipinski definition) is 1. The van der Waals surface area contributed by atoms with E-state index in [0.29, 0.717) is 5.75 Å². The molecular formula is C20H22O.